The SMILES string of the molecule is CNCc1ccc(-c2cccc(-c3cccc(Nc4nc(C(F)F)cc5cnn(C)c(=O)c45)c3Cl)c2Cl)nc1OC. The maximum absolute atomic E-state index is 13.6. The van der Waals surface area contributed by atoms with E-state index < -0.39 is 17.7 Å². The molecule has 2 N–H and O–H groups in total. The standard InChI is InChI=1S/C29H24Cl2F2N6O2/c1-34-13-15-10-11-20(38-28(15)41-3)19-8-4-6-17(24(19)30)18-7-5-9-21(25(18)31)36-27-23-16(12-22(37-27)26(32)33)14-35-39(2)29(23)40/h4-12,14,26,34H,13H2,1-3H3,(H,36,37). The van der Waals surface area contributed by atoms with Crippen molar-refractivity contribution in [3.63, 3.8) is 0 Å². The number of nitrogens with one attached hydrogen (secondary N) is 2. The Hall–Kier alpha value is -4.12. The summed E-state index contributed by atoms with van der Waals surface area (Å²) in [7, 11) is 4.86. The number of aryl methyl sites for hydroxylation is 1. The summed E-state index contributed by atoms with van der Waals surface area (Å²) in [5.41, 5.74) is 2.73. The molecular weight excluding hydrogens is 573 g/mol. The minimum absolute atomic E-state index is 0.0577. The van der Waals surface area contributed by atoms with Gasteiger partial charge in [-0.25, -0.2) is 23.4 Å². The zero-order chi connectivity index (χ0) is 29.3. The molecule has 0 saturated heterocycles. The van der Waals surface area contributed by atoms with Crippen molar-refractivity contribution in [2.75, 3.05) is 19.5 Å². The molecule has 5 aromatic rings. The Morgan fingerprint density at radius 2 is 1.71 bits per heavy atom. The van der Waals surface area contributed by atoms with E-state index in [0.29, 0.717) is 45.5 Å². The molecule has 0 spiro atoms. The fraction of sp³-hybridized carbons (Fsp3) is 0.172. The number of pyridine rings is 2. The first-order chi connectivity index (χ1) is 19.7. The van der Waals surface area contributed by atoms with Crippen LogP contribution in [0.3, 0.4) is 0 Å². The average molecular weight is 597 g/mol. The van der Waals surface area contributed by atoms with Crippen molar-refractivity contribution in [2.45, 2.75) is 13.0 Å². The van der Waals surface area contributed by atoms with Crippen LogP contribution in [0.5, 0.6) is 5.88 Å². The molecule has 5 rings (SSSR count). The maximum Gasteiger partial charge on any atom is 0.280 e. The first-order valence-electron chi connectivity index (χ1n) is 12.4. The molecule has 0 saturated carbocycles. The number of methoxy groups -OCH3 is 1. The van der Waals surface area contributed by atoms with Crippen LogP contribution >= 0.6 is 23.2 Å². The number of halogens is 4. The number of fused-ring (bicyclic) bond motifs is 1. The smallest absolute Gasteiger partial charge is 0.280 e. The third-order valence-electron chi connectivity index (χ3n) is 6.49. The lowest BCUT2D eigenvalue weighted by Crippen LogP contribution is -2.20. The number of ether oxygens (including phenoxy) is 1. The van der Waals surface area contributed by atoms with Gasteiger partial charge in [0.2, 0.25) is 5.88 Å². The van der Waals surface area contributed by atoms with Crippen LogP contribution in [-0.2, 0) is 13.6 Å². The number of nitrogens with zero attached hydrogens (tertiary/aromatic N) is 4. The van der Waals surface area contributed by atoms with Crippen molar-refractivity contribution in [1.82, 2.24) is 25.1 Å². The molecule has 8 nitrogen and oxygen atoms in total. The van der Waals surface area contributed by atoms with Gasteiger partial charge in [-0.1, -0.05) is 59.6 Å². The minimum Gasteiger partial charge on any atom is -0.481 e. The summed E-state index contributed by atoms with van der Waals surface area (Å²) in [5.74, 6) is 0.423. The van der Waals surface area contributed by atoms with Crippen LogP contribution in [0.4, 0.5) is 20.3 Å². The van der Waals surface area contributed by atoms with Gasteiger partial charge in [-0.05, 0) is 25.2 Å². The van der Waals surface area contributed by atoms with E-state index in [-0.39, 0.29) is 21.6 Å². The minimum atomic E-state index is -2.85. The van der Waals surface area contributed by atoms with E-state index in [1.807, 2.05) is 37.4 Å². The number of aromatic nitrogens is 4. The summed E-state index contributed by atoms with van der Waals surface area (Å²) in [5, 5.41) is 11.0. The summed E-state index contributed by atoms with van der Waals surface area (Å²) in [6.45, 7) is 0.590. The van der Waals surface area contributed by atoms with Gasteiger partial charge in [-0.3, -0.25) is 4.79 Å². The quantitative estimate of drug-likeness (QED) is 0.204. The molecular formula is C29H24Cl2F2N6O2. The number of rotatable bonds is 8. The van der Waals surface area contributed by atoms with Crippen molar-refractivity contribution < 1.29 is 13.5 Å². The van der Waals surface area contributed by atoms with Crippen LogP contribution in [0.25, 0.3) is 33.2 Å². The summed E-state index contributed by atoms with van der Waals surface area (Å²) in [4.78, 5) is 21.6. The molecule has 0 aliphatic carbocycles. The van der Waals surface area contributed by atoms with E-state index in [0.717, 1.165) is 16.3 Å². The maximum atomic E-state index is 13.6. The molecule has 0 unspecified atom stereocenters. The van der Waals surface area contributed by atoms with Crippen molar-refractivity contribution in [3.8, 4) is 28.3 Å². The number of hydrogen-bond donors (Lipinski definition) is 2. The number of anilines is 2. The third kappa shape index (κ3) is 5.46. The second-order valence-electron chi connectivity index (χ2n) is 9.09. The van der Waals surface area contributed by atoms with Crippen LogP contribution in [0.1, 0.15) is 17.7 Å². The van der Waals surface area contributed by atoms with Gasteiger partial charge < -0.3 is 15.4 Å². The fourth-order valence-electron chi connectivity index (χ4n) is 4.50. The Morgan fingerprint density at radius 1 is 1.00 bits per heavy atom. The first kappa shape index (κ1) is 28.4. The number of alkyl halides is 2. The van der Waals surface area contributed by atoms with E-state index >= 15 is 0 Å². The monoisotopic (exact) mass is 596 g/mol. The Labute approximate surface area is 243 Å². The summed E-state index contributed by atoms with van der Waals surface area (Å²) >= 11 is 13.8. The van der Waals surface area contributed by atoms with Crippen molar-refractivity contribution in [3.05, 3.63) is 92.5 Å². The van der Waals surface area contributed by atoms with E-state index in [1.165, 1.54) is 13.2 Å². The normalized spacial score (nSPS) is 11.3. The van der Waals surface area contributed by atoms with Crippen LogP contribution in [0.2, 0.25) is 10.0 Å². The number of benzene rings is 2. The molecule has 0 atom stereocenters. The predicted molar refractivity (Wildman–Crippen MR) is 157 cm³/mol. The van der Waals surface area contributed by atoms with Crippen LogP contribution in [0, 0.1) is 0 Å². The molecule has 0 radical (unpaired) electrons. The molecule has 3 heterocycles. The number of hydrogen-bond acceptors (Lipinski definition) is 7. The lowest BCUT2D eigenvalue weighted by molar-refractivity contribution is 0.146. The van der Waals surface area contributed by atoms with Gasteiger partial charge in [-0.15, -0.1) is 0 Å². The van der Waals surface area contributed by atoms with Gasteiger partial charge in [0.05, 0.1) is 40.1 Å². The Morgan fingerprint density at radius 3 is 2.41 bits per heavy atom. The molecule has 0 amide bonds. The highest BCUT2D eigenvalue weighted by Gasteiger charge is 2.20. The topological polar surface area (TPSA) is 94.0 Å². The summed E-state index contributed by atoms with van der Waals surface area (Å²) in [6, 6.07) is 15.6. The third-order valence-corrected chi connectivity index (χ3v) is 7.30. The van der Waals surface area contributed by atoms with Gasteiger partial charge >= 0.3 is 0 Å². The van der Waals surface area contributed by atoms with Crippen molar-refractivity contribution in [2.24, 2.45) is 7.05 Å². The molecule has 12 heteroatoms. The molecule has 210 valence electrons. The fourth-order valence-corrected chi connectivity index (χ4v) is 5.10. The molecule has 0 aliphatic rings. The Kier molecular flexibility index (Phi) is 8.16. The van der Waals surface area contributed by atoms with Gasteiger partial charge in [0.1, 0.15) is 11.5 Å². The van der Waals surface area contributed by atoms with E-state index in [9.17, 15) is 13.6 Å². The molecule has 0 fully saturated rings. The summed E-state index contributed by atoms with van der Waals surface area (Å²) < 4.78 is 33.9. The van der Waals surface area contributed by atoms with Gasteiger partial charge in [-0.2, -0.15) is 5.10 Å². The predicted octanol–water partition coefficient (Wildman–Crippen LogP) is 6.77. The summed E-state index contributed by atoms with van der Waals surface area (Å²) in [6.07, 6.45) is -1.51. The Balaban J connectivity index is 1.60. The molecule has 0 aliphatic heterocycles. The second-order valence-corrected chi connectivity index (χ2v) is 9.84. The van der Waals surface area contributed by atoms with E-state index in [4.69, 9.17) is 27.9 Å². The van der Waals surface area contributed by atoms with Gasteiger partial charge in [0.25, 0.3) is 12.0 Å². The van der Waals surface area contributed by atoms with Gasteiger partial charge in [0, 0.05) is 41.2 Å². The first-order valence-corrected chi connectivity index (χ1v) is 13.2. The lowest BCUT2D eigenvalue weighted by Gasteiger charge is -2.16. The second kappa shape index (κ2) is 11.8. The van der Waals surface area contributed by atoms with Crippen molar-refractivity contribution >= 4 is 45.5 Å². The van der Waals surface area contributed by atoms with Gasteiger partial charge in [0.15, 0.2) is 0 Å². The highest BCUT2D eigenvalue weighted by molar-refractivity contribution is 6.39. The van der Waals surface area contributed by atoms with Crippen LogP contribution < -0.4 is 20.9 Å². The lowest BCUT2D eigenvalue weighted by atomic mass is 10.00. The largest absolute Gasteiger partial charge is 0.481 e. The average Bonchev–Trinajstić information content (AvgIpc) is 2.96. The molecule has 0 bridgehead atoms. The van der Waals surface area contributed by atoms with Crippen LogP contribution in [-0.4, -0.2) is 33.9 Å². The zero-order valence-corrected chi connectivity index (χ0v) is 23.7. The highest BCUT2D eigenvalue weighted by Crippen LogP contribution is 2.42. The van der Waals surface area contributed by atoms with E-state index in [2.05, 4.69) is 25.7 Å². The highest BCUT2D eigenvalue weighted by atomic mass is 35.5. The van der Waals surface area contributed by atoms with E-state index in [1.54, 1.807) is 25.3 Å². The molecule has 3 aromatic heterocycles. The Bertz CT molecular complexity index is 1830. The van der Waals surface area contributed by atoms with Crippen molar-refractivity contribution in [1.29, 1.82) is 0 Å². The zero-order valence-electron chi connectivity index (χ0n) is 22.2. The van der Waals surface area contributed by atoms with Crippen LogP contribution in [0.15, 0.2) is 65.6 Å². The molecule has 41 heavy (non-hydrogen) atoms. The molecule has 2 aromatic carbocycles.